The zero-order chi connectivity index (χ0) is 5.70. The third kappa shape index (κ3) is 5.49. The molecule has 0 aromatic rings. The minimum absolute atomic E-state index is 0.0660. The van der Waals surface area contributed by atoms with E-state index in [2.05, 4.69) is 0 Å². The molecular formula is C3H7BNO2. The van der Waals surface area contributed by atoms with E-state index >= 15 is 0 Å². The van der Waals surface area contributed by atoms with Crippen LogP contribution < -0.4 is 5.73 Å². The molecule has 0 aliphatic rings. The molecule has 0 rings (SSSR count). The first-order valence-electron chi connectivity index (χ1n) is 2.01. The van der Waals surface area contributed by atoms with E-state index in [1.807, 2.05) is 0 Å². The van der Waals surface area contributed by atoms with Gasteiger partial charge in [-0.15, -0.1) is 0 Å². The highest BCUT2D eigenvalue weighted by molar-refractivity contribution is 6.40. The quantitative estimate of drug-likeness (QED) is 0.452. The minimum Gasteiger partial charge on any atom is -0.482 e. The van der Waals surface area contributed by atoms with Gasteiger partial charge in [-0.3, -0.25) is 4.79 Å². The molecule has 0 amide bonds. The number of carboxylic acid groups (broad SMARTS) is 1. The van der Waals surface area contributed by atoms with Crippen molar-refractivity contribution >= 4 is 13.2 Å². The van der Waals surface area contributed by atoms with Crippen molar-refractivity contribution in [3.8, 4) is 0 Å². The molecule has 0 bridgehead atoms. The fraction of sp³-hybridized carbons (Fsp3) is 0.667. The summed E-state index contributed by atoms with van der Waals surface area (Å²) >= 11 is 0. The SMILES string of the molecule is NC[B]CC(=O)O. The van der Waals surface area contributed by atoms with Crippen molar-refractivity contribution < 1.29 is 9.90 Å². The lowest BCUT2D eigenvalue weighted by atomic mass is 9.75. The minimum atomic E-state index is -0.828. The van der Waals surface area contributed by atoms with Gasteiger partial charge in [0.2, 0.25) is 0 Å². The molecule has 0 aliphatic carbocycles. The van der Waals surface area contributed by atoms with E-state index < -0.39 is 5.97 Å². The highest BCUT2D eigenvalue weighted by atomic mass is 16.4. The Morgan fingerprint density at radius 1 is 1.86 bits per heavy atom. The summed E-state index contributed by atoms with van der Waals surface area (Å²) in [7, 11) is 1.50. The number of carboxylic acids is 1. The topological polar surface area (TPSA) is 63.3 Å². The fourth-order valence-electron chi connectivity index (χ4n) is 0.207. The Balaban J connectivity index is 2.82. The summed E-state index contributed by atoms with van der Waals surface area (Å²) in [5.41, 5.74) is 4.96. The Labute approximate surface area is 42.8 Å². The number of rotatable bonds is 3. The van der Waals surface area contributed by atoms with Crippen LogP contribution in [-0.4, -0.2) is 24.8 Å². The Kier molecular flexibility index (Phi) is 3.41. The average Bonchev–Trinajstić information content (AvgIpc) is 1.61. The smallest absolute Gasteiger partial charge is 0.295 e. The molecule has 0 fully saturated rings. The second-order valence-corrected chi connectivity index (χ2v) is 1.12. The summed E-state index contributed by atoms with van der Waals surface area (Å²) in [5.74, 6) is -0.828. The van der Waals surface area contributed by atoms with Gasteiger partial charge in [0.1, 0.15) is 7.28 Å². The molecule has 0 heterocycles. The van der Waals surface area contributed by atoms with Crippen LogP contribution in [0.2, 0.25) is 6.32 Å². The first kappa shape index (κ1) is 6.49. The maximum absolute atomic E-state index is 9.67. The number of nitrogens with two attached hydrogens (primary N) is 1. The number of hydrogen-bond donors (Lipinski definition) is 2. The first-order valence-corrected chi connectivity index (χ1v) is 2.01. The van der Waals surface area contributed by atoms with Crippen molar-refractivity contribution in [3.05, 3.63) is 0 Å². The van der Waals surface area contributed by atoms with Gasteiger partial charge in [-0.2, -0.15) is 0 Å². The highest BCUT2D eigenvalue weighted by Gasteiger charge is 1.93. The molecular weight excluding hydrogens is 92.8 g/mol. The lowest BCUT2D eigenvalue weighted by molar-refractivity contribution is -0.134. The van der Waals surface area contributed by atoms with Crippen molar-refractivity contribution in [1.29, 1.82) is 0 Å². The molecule has 7 heavy (non-hydrogen) atoms. The highest BCUT2D eigenvalue weighted by Crippen LogP contribution is 1.72. The molecule has 3 N–H and O–H groups in total. The van der Waals surface area contributed by atoms with Crippen LogP contribution in [0.3, 0.4) is 0 Å². The molecule has 0 saturated heterocycles. The van der Waals surface area contributed by atoms with Gasteiger partial charge in [0.25, 0.3) is 5.97 Å². The lowest BCUT2D eigenvalue weighted by Gasteiger charge is -1.83. The summed E-state index contributed by atoms with van der Waals surface area (Å²) < 4.78 is 0. The van der Waals surface area contributed by atoms with Crippen LogP contribution in [0.4, 0.5) is 0 Å². The Hall–Kier alpha value is -0.505. The van der Waals surface area contributed by atoms with E-state index in [0.717, 1.165) is 0 Å². The average molecular weight is 99.9 g/mol. The fourth-order valence-corrected chi connectivity index (χ4v) is 0.207. The number of hydrogen-bond acceptors (Lipinski definition) is 2. The van der Waals surface area contributed by atoms with Crippen LogP contribution in [0.1, 0.15) is 0 Å². The molecule has 0 aromatic heterocycles. The van der Waals surface area contributed by atoms with Crippen LogP contribution in [0.5, 0.6) is 0 Å². The van der Waals surface area contributed by atoms with Gasteiger partial charge in [0, 0.05) is 6.32 Å². The van der Waals surface area contributed by atoms with E-state index in [0.29, 0.717) is 6.44 Å². The van der Waals surface area contributed by atoms with Crippen molar-refractivity contribution in [2.45, 2.75) is 6.32 Å². The van der Waals surface area contributed by atoms with E-state index in [9.17, 15) is 4.79 Å². The first-order chi connectivity index (χ1) is 3.27. The van der Waals surface area contributed by atoms with E-state index in [-0.39, 0.29) is 6.32 Å². The van der Waals surface area contributed by atoms with E-state index in [1.54, 1.807) is 0 Å². The monoisotopic (exact) mass is 100 g/mol. The molecule has 4 heteroatoms. The zero-order valence-electron chi connectivity index (χ0n) is 3.92. The third-order valence-electron chi connectivity index (χ3n) is 0.486. The number of aliphatic carboxylic acids is 1. The predicted molar refractivity (Wildman–Crippen MR) is 27.3 cm³/mol. The van der Waals surface area contributed by atoms with Crippen molar-refractivity contribution in [2.75, 3.05) is 6.44 Å². The molecule has 0 atom stereocenters. The van der Waals surface area contributed by atoms with Crippen LogP contribution in [0, 0.1) is 0 Å². The maximum atomic E-state index is 9.67. The van der Waals surface area contributed by atoms with Gasteiger partial charge in [-0.25, -0.2) is 0 Å². The van der Waals surface area contributed by atoms with Crippen molar-refractivity contribution in [1.82, 2.24) is 0 Å². The van der Waals surface area contributed by atoms with Gasteiger partial charge in [-0.05, 0) is 6.44 Å². The maximum Gasteiger partial charge on any atom is 0.295 e. The Morgan fingerprint density at radius 3 is 2.57 bits per heavy atom. The van der Waals surface area contributed by atoms with Crippen LogP contribution in [0.15, 0.2) is 0 Å². The van der Waals surface area contributed by atoms with Gasteiger partial charge in [-0.1, -0.05) is 0 Å². The predicted octanol–water partition coefficient (Wildman–Crippen LogP) is -0.890. The largest absolute Gasteiger partial charge is 0.482 e. The molecule has 0 aromatic carbocycles. The summed E-state index contributed by atoms with van der Waals surface area (Å²) in [6, 6.07) is 0. The van der Waals surface area contributed by atoms with Gasteiger partial charge in [0.05, 0.1) is 0 Å². The molecule has 0 spiro atoms. The molecule has 1 radical (unpaired) electrons. The summed E-state index contributed by atoms with van der Waals surface area (Å²) in [6.07, 6.45) is 0.406. The normalized spacial score (nSPS) is 8.14. The summed E-state index contributed by atoms with van der Waals surface area (Å²) in [5, 5.41) is 7.96. The van der Waals surface area contributed by atoms with Crippen LogP contribution in [0.25, 0.3) is 0 Å². The number of carbonyl (C=O) groups is 1. The molecule has 0 aliphatic heterocycles. The van der Waals surface area contributed by atoms with Crippen molar-refractivity contribution in [3.63, 3.8) is 0 Å². The van der Waals surface area contributed by atoms with Crippen LogP contribution in [-0.2, 0) is 4.79 Å². The molecule has 39 valence electrons. The van der Waals surface area contributed by atoms with E-state index in [1.165, 1.54) is 7.28 Å². The Morgan fingerprint density at radius 2 is 2.43 bits per heavy atom. The summed E-state index contributed by atoms with van der Waals surface area (Å²) in [4.78, 5) is 9.67. The lowest BCUT2D eigenvalue weighted by Crippen LogP contribution is -2.11. The van der Waals surface area contributed by atoms with Gasteiger partial charge < -0.3 is 10.8 Å². The third-order valence-corrected chi connectivity index (χ3v) is 0.486. The second kappa shape index (κ2) is 3.68. The van der Waals surface area contributed by atoms with E-state index in [4.69, 9.17) is 10.8 Å². The summed E-state index contributed by atoms with van der Waals surface area (Å²) in [6.45, 7) is 0. The van der Waals surface area contributed by atoms with Gasteiger partial charge in [0.15, 0.2) is 0 Å². The molecule has 3 nitrogen and oxygen atoms in total. The van der Waals surface area contributed by atoms with Crippen molar-refractivity contribution in [2.24, 2.45) is 5.73 Å². The second-order valence-electron chi connectivity index (χ2n) is 1.12. The zero-order valence-corrected chi connectivity index (χ0v) is 3.92. The molecule has 0 unspecified atom stereocenters. The Bertz CT molecular complexity index is 66.0. The standard InChI is InChI=1S/C3H7BNO2/c5-2-4-1-3(6)7/h1-2,5H2,(H,6,7). The van der Waals surface area contributed by atoms with Gasteiger partial charge >= 0.3 is 0 Å². The van der Waals surface area contributed by atoms with Crippen LogP contribution >= 0.6 is 0 Å². The molecule has 0 saturated carbocycles.